The fraction of sp³-hybridized carbons (Fsp3) is 0.211. The number of halogens is 1. The minimum absolute atomic E-state index is 0.175. The molecule has 1 aromatic carbocycles. The molecule has 10 heteroatoms. The largest absolute Gasteiger partial charge is 0.332 e. The van der Waals surface area contributed by atoms with E-state index in [1.54, 1.807) is 26.0 Å². The number of benzene rings is 1. The van der Waals surface area contributed by atoms with Crippen LogP contribution in [0.1, 0.15) is 28.0 Å². The van der Waals surface area contributed by atoms with E-state index in [0.717, 1.165) is 4.88 Å². The second kappa shape index (κ2) is 8.54. The second-order valence-electron chi connectivity index (χ2n) is 6.18. The van der Waals surface area contributed by atoms with Gasteiger partial charge >= 0.3 is 0 Å². The molecule has 0 bridgehead atoms. The summed E-state index contributed by atoms with van der Waals surface area (Å²) in [6, 6.07) is 10.8. The lowest BCUT2D eigenvalue weighted by Gasteiger charge is -2.20. The number of rotatable bonds is 6. The van der Waals surface area contributed by atoms with Crippen molar-refractivity contribution in [2.75, 3.05) is 6.54 Å². The molecule has 2 heterocycles. The summed E-state index contributed by atoms with van der Waals surface area (Å²) >= 11 is 7.30. The summed E-state index contributed by atoms with van der Waals surface area (Å²) in [5.41, 5.74) is -0.444. The third kappa shape index (κ3) is 4.36. The maximum atomic E-state index is 13.0. The molecule has 2 aromatic heterocycles. The van der Waals surface area contributed by atoms with Crippen molar-refractivity contribution < 1.29 is 9.72 Å². The van der Waals surface area contributed by atoms with Crippen molar-refractivity contribution in [3.8, 4) is 5.69 Å². The molecule has 0 spiro atoms. The number of carbonyl (C=O) groups is 1. The standard InChI is InChI=1S/C19H17ClN4O4S/c1-3-22(11-13-8-9-17(20)29-13)19(26)18-16(25)10-12(2)23(21-18)14-6-4-5-7-15(14)24(27)28/h4-10H,3,11H2,1-2H3. The number of nitrogens with zero attached hydrogens (tertiary/aromatic N) is 4. The summed E-state index contributed by atoms with van der Waals surface area (Å²) in [6.45, 7) is 4.04. The van der Waals surface area contributed by atoms with Gasteiger partial charge in [-0.2, -0.15) is 5.10 Å². The summed E-state index contributed by atoms with van der Waals surface area (Å²) < 4.78 is 1.86. The molecular weight excluding hydrogens is 416 g/mol. The van der Waals surface area contributed by atoms with Crippen LogP contribution in [0.5, 0.6) is 0 Å². The lowest BCUT2D eigenvalue weighted by Crippen LogP contribution is -2.35. The predicted molar refractivity (Wildman–Crippen MR) is 111 cm³/mol. The fourth-order valence-corrected chi connectivity index (χ4v) is 3.94. The summed E-state index contributed by atoms with van der Waals surface area (Å²) in [4.78, 5) is 38.7. The molecule has 3 rings (SSSR count). The summed E-state index contributed by atoms with van der Waals surface area (Å²) in [7, 11) is 0. The van der Waals surface area contributed by atoms with E-state index in [1.807, 2.05) is 6.07 Å². The van der Waals surface area contributed by atoms with Gasteiger partial charge in [-0.1, -0.05) is 23.7 Å². The molecule has 0 saturated carbocycles. The number of carbonyl (C=O) groups excluding carboxylic acids is 1. The maximum Gasteiger partial charge on any atom is 0.294 e. The van der Waals surface area contributed by atoms with Crippen LogP contribution >= 0.6 is 22.9 Å². The van der Waals surface area contributed by atoms with Crippen molar-refractivity contribution >= 4 is 34.5 Å². The molecule has 29 heavy (non-hydrogen) atoms. The Morgan fingerprint density at radius 3 is 2.66 bits per heavy atom. The van der Waals surface area contributed by atoms with Gasteiger partial charge in [0.15, 0.2) is 5.69 Å². The van der Waals surface area contributed by atoms with Crippen LogP contribution in [0.25, 0.3) is 5.69 Å². The van der Waals surface area contributed by atoms with Gasteiger partial charge in [0.1, 0.15) is 5.69 Å². The number of para-hydroxylation sites is 2. The number of thiophene rings is 1. The minimum atomic E-state index is -0.547. The van der Waals surface area contributed by atoms with Crippen molar-refractivity contribution in [1.29, 1.82) is 0 Å². The number of amides is 1. The highest BCUT2D eigenvalue weighted by atomic mass is 35.5. The van der Waals surface area contributed by atoms with E-state index in [9.17, 15) is 19.7 Å². The predicted octanol–water partition coefficient (Wildman–Crippen LogP) is 3.83. The van der Waals surface area contributed by atoms with Gasteiger partial charge in [0.2, 0.25) is 5.43 Å². The quantitative estimate of drug-likeness (QED) is 0.435. The molecule has 150 valence electrons. The molecular formula is C19H17ClN4O4S. The highest BCUT2D eigenvalue weighted by Gasteiger charge is 2.23. The zero-order chi connectivity index (χ0) is 21.1. The molecule has 1 amide bonds. The zero-order valence-corrected chi connectivity index (χ0v) is 17.2. The third-order valence-corrected chi connectivity index (χ3v) is 5.48. The Bertz CT molecular complexity index is 1140. The van der Waals surface area contributed by atoms with Gasteiger partial charge in [-0.05, 0) is 32.0 Å². The first-order chi connectivity index (χ1) is 13.8. The lowest BCUT2D eigenvalue weighted by molar-refractivity contribution is -0.384. The van der Waals surface area contributed by atoms with Crippen molar-refractivity contribution in [1.82, 2.24) is 14.7 Å². The van der Waals surface area contributed by atoms with Crippen molar-refractivity contribution in [3.63, 3.8) is 0 Å². The van der Waals surface area contributed by atoms with Crippen molar-refractivity contribution in [2.45, 2.75) is 20.4 Å². The highest BCUT2D eigenvalue weighted by molar-refractivity contribution is 7.16. The molecule has 0 radical (unpaired) electrons. The SMILES string of the molecule is CCN(Cc1ccc(Cl)s1)C(=O)c1nn(-c2ccccc2[N+](=O)[O-])c(C)cc1=O. The third-order valence-electron chi connectivity index (χ3n) is 4.26. The molecule has 0 unspecified atom stereocenters. The van der Waals surface area contributed by atoms with Gasteiger partial charge in [-0.25, -0.2) is 4.68 Å². The highest BCUT2D eigenvalue weighted by Crippen LogP contribution is 2.24. The van der Waals surface area contributed by atoms with E-state index in [2.05, 4.69) is 5.10 Å². The Hall–Kier alpha value is -3.04. The Morgan fingerprint density at radius 2 is 2.03 bits per heavy atom. The van der Waals surface area contributed by atoms with E-state index in [4.69, 9.17) is 11.6 Å². The fourth-order valence-electron chi connectivity index (χ4n) is 2.84. The van der Waals surface area contributed by atoms with Crippen LogP contribution in [-0.2, 0) is 6.54 Å². The smallest absolute Gasteiger partial charge is 0.294 e. The Balaban J connectivity index is 2.04. The Labute approximate surface area is 175 Å². The van der Waals surface area contributed by atoms with E-state index in [1.165, 1.54) is 45.2 Å². The Morgan fingerprint density at radius 1 is 1.31 bits per heavy atom. The minimum Gasteiger partial charge on any atom is -0.332 e. The number of nitro benzene ring substituents is 1. The number of aromatic nitrogens is 2. The van der Waals surface area contributed by atoms with Crippen LogP contribution in [0.4, 0.5) is 5.69 Å². The number of aryl methyl sites for hydroxylation is 1. The summed E-state index contributed by atoms with van der Waals surface area (Å²) in [5.74, 6) is -0.547. The average Bonchev–Trinajstić information content (AvgIpc) is 3.10. The summed E-state index contributed by atoms with van der Waals surface area (Å²) in [5, 5.41) is 15.6. The molecule has 0 aliphatic rings. The number of nitro groups is 1. The normalized spacial score (nSPS) is 10.7. The molecule has 0 aliphatic carbocycles. The van der Waals surface area contributed by atoms with Gasteiger partial charge in [-0.15, -0.1) is 11.3 Å². The van der Waals surface area contributed by atoms with E-state index >= 15 is 0 Å². The first-order valence-corrected chi connectivity index (χ1v) is 9.89. The average molecular weight is 433 g/mol. The van der Waals surface area contributed by atoms with E-state index in [0.29, 0.717) is 16.6 Å². The van der Waals surface area contributed by atoms with Crippen LogP contribution in [0.15, 0.2) is 47.3 Å². The van der Waals surface area contributed by atoms with Gasteiger partial charge in [0, 0.05) is 29.2 Å². The van der Waals surface area contributed by atoms with Gasteiger partial charge in [0.25, 0.3) is 11.6 Å². The molecule has 3 aromatic rings. The van der Waals surface area contributed by atoms with Gasteiger partial charge in [-0.3, -0.25) is 19.7 Å². The van der Waals surface area contributed by atoms with Crippen LogP contribution < -0.4 is 5.43 Å². The van der Waals surface area contributed by atoms with Crippen LogP contribution in [0.3, 0.4) is 0 Å². The molecule has 0 N–H and O–H groups in total. The number of hydrogen-bond acceptors (Lipinski definition) is 6. The lowest BCUT2D eigenvalue weighted by atomic mass is 10.2. The molecule has 0 aliphatic heterocycles. The topological polar surface area (TPSA) is 98.3 Å². The van der Waals surface area contributed by atoms with Crippen LogP contribution in [0.2, 0.25) is 4.34 Å². The molecule has 0 saturated heterocycles. The Kier molecular flexibility index (Phi) is 6.09. The van der Waals surface area contributed by atoms with E-state index in [-0.39, 0.29) is 23.6 Å². The summed E-state index contributed by atoms with van der Waals surface area (Å²) in [6.07, 6.45) is 0. The molecule has 0 fully saturated rings. The first kappa shape index (κ1) is 20.7. The van der Waals surface area contributed by atoms with Crippen LogP contribution in [0, 0.1) is 17.0 Å². The van der Waals surface area contributed by atoms with Gasteiger partial charge in [0.05, 0.1) is 15.8 Å². The van der Waals surface area contributed by atoms with Gasteiger partial charge < -0.3 is 4.90 Å². The maximum absolute atomic E-state index is 13.0. The first-order valence-electron chi connectivity index (χ1n) is 8.70. The molecule has 0 atom stereocenters. The van der Waals surface area contributed by atoms with Crippen LogP contribution in [-0.4, -0.2) is 32.1 Å². The number of hydrogen-bond donors (Lipinski definition) is 0. The zero-order valence-electron chi connectivity index (χ0n) is 15.7. The monoisotopic (exact) mass is 432 g/mol. The van der Waals surface area contributed by atoms with Crippen molar-refractivity contribution in [3.05, 3.63) is 83.4 Å². The second-order valence-corrected chi connectivity index (χ2v) is 7.98. The van der Waals surface area contributed by atoms with E-state index < -0.39 is 16.3 Å². The van der Waals surface area contributed by atoms with Crippen molar-refractivity contribution in [2.24, 2.45) is 0 Å². The molecule has 8 nitrogen and oxygen atoms in total.